The lowest BCUT2D eigenvalue weighted by atomic mass is 10.1. The van der Waals surface area contributed by atoms with Crippen molar-refractivity contribution in [1.29, 1.82) is 0 Å². The van der Waals surface area contributed by atoms with Gasteiger partial charge in [-0.1, -0.05) is 0 Å². The highest BCUT2D eigenvalue weighted by Crippen LogP contribution is 2.16. The molecule has 0 aliphatic rings. The van der Waals surface area contributed by atoms with Crippen LogP contribution in [0.15, 0.2) is 6.07 Å². The molecule has 1 rings (SSSR count). The Morgan fingerprint density at radius 2 is 2.06 bits per heavy atom. The zero-order valence-corrected chi connectivity index (χ0v) is 11.4. The maximum Gasteiger partial charge on any atom is 0.242 e. The predicted octanol–water partition coefficient (Wildman–Crippen LogP) is 1.25. The average molecular weight is 252 g/mol. The van der Waals surface area contributed by atoms with Gasteiger partial charge in [-0.3, -0.25) is 4.79 Å². The summed E-state index contributed by atoms with van der Waals surface area (Å²) in [7, 11) is 0. The number of hydrogen-bond acceptors (Lipinski definition) is 5. The summed E-state index contributed by atoms with van der Waals surface area (Å²) in [5.41, 5.74) is 5.13. The molecule has 0 spiro atoms. The Morgan fingerprint density at radius 1 is 1.44 bits per heavy atom. The van der Waals surface area contributed by atoms with E-state index >= 15 is 0 Å². The third-order valence-electron chi connectivity index (χ3n) is 2.23. The standard InChI is InChI=1S/C12H20N4O2/c1-7(2)18-9-6-8(3)14-11(15-9)16-12(4,5)10(13)17/h6-7H,1-5H3,(H2,13,17)(H,14,15,16). The van der Waals surface area contributed by atoms with Gasteiger partial charge in [0.05, 0.1) is 6.10 Å². The molecule has 0 fully saturated rings. The van der Waals surface area contributed by atoms with Crippen LogP contribution in [0.3, 0.4) is 0 Å². The van der Waals surface area contributed by atoms with Gasteiger partial charge in [-0.15, -0.1) is 0 Å². The van der Waals surface area contributed by atoms with Crippen molar-refractivity contribution >= 4 is 11.9 Å². The van der Waals surface area contributed by atoms with Crippen LogP contribution in [-0.4, -0.2) is 27.5 Å². The van der Waals surface area contributed by atoms with Crippen molar-refractivity contribution in [3.63, 3.8) is 0 Å². The number of aryl methyl sites for hydroxylation is 1. The minimum Gasteiger partial charge on any atom is -0.475 e. The smallest absolute Gasteiger partial charge is 0.242 e. The Labute approximate surface area is 107 Å². The topological polar surface area (TPSA) is 90.1 Å². The number of aromatic nitrogens is 2. The fraction of sp³-hybridized carbons (Fsp3) is 0.583. The first-order valence-corrected chi connectivity index (χ1v) is 5.81. The summed E-state index contributed by atoms with van der Waals surface area (Å²) in [6, 6.07) is 1.74. The number of nitrogens with two attached hydrogens (primary N) is 1. The van der Waals surface area contributed by atoms with Gasteiger partial charge in [-0.25, -0.2) is 4.98 Å². The van der Waals surface area contributed by atoms with E-state index < -0.39 is 11.4 Å². The Bertz CT molecular complexity index is 444. The van der Waals surface area contributed by atoms with Crippen molar-refractivity contribution in [3.8, 4) is 5.88 Å². The summed E-state index contributed by atoms with van der Waals surface area (Å²) in [6.45, 7) is 9.00. The van der Waals surface area contributed by atoms with E-state index in [4.69, 9.17) is 10.5 Å². The van der Waals surface area contributed by atoms with Gasteiger partial charge < -0.3 is 15.8 Å². The molecule has 6 nitrogen and oxygen atoms in total. The highest BCUT2D eigenvalue weighted by Gasteiger charge is 2.25. The molecule has 6 heteroatoms. The molecular formula is C12H20N4O2. The van der Waals surface area contributed by atoms with Crippen LogP contribution in [0.1, 0.15) is 33.4 Å². The quantitative estimate of drug-likeness (QED) is 0.823. The second-order valence-electron chi connectivity index (χ2n) is 4.95. The summed E-state index contributed by atoms with van der Waals surface area (Å²) >= 11 is 0. The van der Waals surface area contributed by atoms with Crippen molar-refractivity contribution in [2.75, 3.05) is 5.32 Å². The second-order valence-corrected chi connectivity index (χ2v) is 4.95. The number of ether oxygens (including phenoxy) is 1. The number of hydrogen-bond donors (Lipinski definition) is 2. The van der Waals surface area contributed by atoms with Crippen LogP contribution in [-0.2, 0) is 4.79 Å². The van der Waals surface area contributed by atoms with E-state index in [2.05, 4.69) is 15.3 Å². The Balaban J connectivity index is 2.96. The molecule has 1 aromatic heterocycles. The van der Waals surface area contributed by atoms with Crippen molar-refractivity contribution in [1.82, 2.24) is 9.97 Å². The van der Waals surface area contributed by atoms with Gasteiger partial charge in [-0.2, -0.15) is 4.98 Å². The summed E-state index contributed by atoms with van der Waals surface area (Å²) < 4.78 is 5.50. The van der Waals surface area contributed by atoms with Crippen LogP contribution in [0.25, 0.3) is 0 Å². The largest absolute Gasteiger partial charge is 0.475 e. The molecule has 0 bridgehead atoms. The lowest BCUT2D eigenvalue weighted by Gasteiger charge is -2.22. The molecule has 0 atom stereocenters. The molecule has 0 radical (unpaired) electrons. The maximum atomic E-state index is 11.2. The number of nitrogens with one attached hydrogen (secondary N) is 1. The minimum atomic E-state index is -0.914. The molecule has 3 N–H and O–H groups in total. The molecule has 0 saturated heterocycles. The molecule has 18 heavy (non-hydrogen) atoms. The number of rotatable bonds is 5. The van der Waals surface area contributed by atoms with Crippen LogP contribution < -0.4 is 15.8 Å². The summed E-state index contributed by atoms with van der Waals surface area (Å²) in [5.74, 6) is 0.327. The number of nitrogens with zero attached hydrogens (tertiary/aromatic N) is 2. The van der Waals surface area contributed by atoms with Gasteiger partial charge in [0.2, 0.25) is 17.7 Å². The van der Waals surface area contributed by atoms with Gasteiger partial charge in [-0.05, 0) is 34.6 Å². The third kappa shape index (κ3) is 3.87. The molecule has 0 aliphatic heterocycles. The fourth-order valence-corrected chi connectivity index (χ4v) is 1.24. The lowest BCUT2D eigenvalue weighted by Crippen LogP contribution is -2.45. The highest BCUT2D eigenvalue weighted by atomic mass is 16.5. The SMILES string of the molecule is Cc1cc(OC(C)C)nc(NC(C)(C)C(N)=O)n1. The lowest BCUT2D eigenvalue weighted by molar-refractivity contribution is -0.121. The Hall–Kier alpha value is -1.85. The third-order valence-corrected chi connectivity index (χ3v) is 2.23. The molecule has 0 saturated carbocycles. The van der Waals surface area contributed by atoms with Crippen LogP contribution in [0.4, 0.5) is 5.95 Å². The van der Waals surface area contributed by atoms with Crippen molar-refractivity contribution in [3.05, 3.63) is 11.8 Å². The van der Waals surface area contributed by atoms with Gasteiger partial charge in [0.15, 0.2) is 0 Å². The van der Waals surface area contributed by atoms with Gasteiger partial charge in [0, 0.05) is 11.8 Å². The number of amides is 1. The van der Waals surface area contributed by atoms with Crippen molar-refractivity contribution in [2.45, 2.75) is 46.3 Å². The first-order chi connectivity index (χ1) is 8.20. The van der Waals surface area contributed by atoms with E-state index in [1.54, 1.807) is 19.9 Å². The van der Waals surface area contributed by atoms with E-state index in [-0.39, 0.29) is 6.10 Å². The van der Waals surface area contributed by atoms with Crippen LogP contribution in [0.5, 0.6) is 5.88 Å². The van der Waals surface area contributed by atoms with Crippen LogP contribution in [0.2, 0.25) is 0 Å². The Kier molecular flexibility index (Phi) is 4.11. The normalized spacial score (nSPS) is 11.4. The number of primary amides is 1. The fourth-order valence-electron chi connectivity index (χ4n) is 1.24. The Morgan fingerprint density at radius 3 is 2.56 bits per heavy atom. The van der Waals surface area contributed by atoms with Gasteiger partial charge in [0.25, 0.3) is 0 Å². The summed E-state index contributed by atoms with van der Waals surface area (Å²) in [6.07, 6.45) is 0.0244. The van der Waals surface area contributed by atoms with Crippen molar-refractivity contribution in [2.24, 2.45) is 5.73 Å². The summed E-state index contributed by atoms with van der Waals surface area (Å²) in [4.78, 5) is 19.6. The van der Waals surface area contributed by atoms with Gasteiger partial charge in [0.1, 0.15) is 5.54 Å². The molecule has 100 valence electrons. The van der Waals surface area contributed by atoms with Crippen molar-refractivity contribution < 1.29 is 9.53 Å². The van der Waals surface area contributed by atoms with E-state index in [0.717, 1.165) is 5.69 Å². The molecule has 0 unspecified atom stereocenters. The first kappa shape index (κ1) is 14.2. The molecule has 1 amide bonds. The van der Waals surface area contributed by atoms with E-state index in [1.165, 1.54) is 0 Å². The molecule has 1 heterocycles. The van der Waals surface area contributed by atoms with Crippen LogP contribution >= 0.6 is 0 Å². The zero-order chi connectivity index (χ0) is 13.9. The maximum absolute atomic E-state index is 11.2. The van der Waals surface area contributed by atoms with E-state index in [9.17, 15) is 4.79 Å². The number of carbonyl (C=O) groups is 1. The molecule has 0 aliphatic carbocycles. The molecule has 1 aromatic rings. The first-order valence-electron chi connectivity index (χ1n) is 5.81. The minimum absolute atomic E-state index is 0.0244. The average Bonchev–Trinajstić information content (AvgIpc) is 2.13. The van der Waals surface area contributed by atoms with Gasteiger partial charge >= 0.3 is 0 Å². The highest BCUT2D eigenvalue weighted by molar-refractivity contribution is 5.86. The van der Waals surface area contributed by atoms with E-state index in [1.807, 2.05) is 20.8 Å². The molecular weight excluding hydrogens is 232 g/mol. The van der Waals surface area contributed by atoms with E-state index in [0.29, 0.717) is 11.8 Å². The monoisotopic (exact) mass is 252 g/mol. The zero-order valence-electron chi connectivity index (χ0n) is 11.4. The molecule has 0 aromatic carbocycles. The summed E-state index contributed by atoms with van der Waals surface area (Å²) in [5, 5.41) is 2.90. The number of anilines is 1. The number of carbonyl (C=O) groups excluding carboxylic acids is 1. The van der Waals surface area contributed by atoms with Crippen LogP contribution in [0, 0.1) is 6.92 Å². The second kappa shape index (κ2) is 5.20. The predicted molar refractivity (Wildman–Crippen MR) is 69.4 cm³/mol.